The Labute approximate surface area is 137 Å². The van der Waals surface area contributed by atoms with Crippen LogP contribution in [0.5, 0.6) is 0 Å². The topological polar surface area (TPSA) is 67.6 Å². The third-order valence-electron chi connectivity index (χ3n) is 4.73. The molecule has 1 aromatic heterocycles. The summed E-state index contributed by atoms with van der Waals surface area (Å²) < 4.78 is 45.7. The normalized spacial score (nSPS) is 24.3. The first-order valence-electron chi connectivity index (χ1n) is 7.98. The number of aliphatic hydroxyl groups excluding tert-OH is 1. The molecule has 2 atom stereocenters. The number of hydrogen-bond donors (Lipinski definition) is 1. The average molecular weight is 347 g/mol. The highest BCUT2D eigenvalue weighted by molar-refractivity contribution is 5.77. The van der Waals surface area contributed by atoms with E-state index in [0.717, 1.165) is 11.1 Å². The van der Waals surface area contributed by atoms with Gasteiger partial charge in [-0.05, 0) is 19.8 Å². The average Bonchev–Trinajstić information content (AvgIpc) is 3.08. The number of ether oxygens (including phenoxy) is 1. The summed E-state index contributed by atoms with van der Waals surface area (Å²) >= 11 is 0. The summed E-state index contributed by atoms with van der Waals surface area (Å²) in [6.07, 6.45) is -2.81. The van der Waals surface area contributed by atoms with E-state index in [1.54, 1.807) is 4.90 Å². The molecular formula is C15H20F3N3O3. The Morgan fingerprint density at radius 3 is 2.83 bits per heavy atom. The van der Waals surface area contributed by atoms with Crippen molar-refractivity contribution in [2.45, 2.75) is 57.6 Å². The number of carbonyl (C=O) groups is 1. The van der Waals surface area contributed by atoms with E-state index in [1.165, 1.54) is 0 Å². The highest BCUT2D eigenvalue weighted by Crippen LogP contribution is 2.34. The summed E-state index contributed by atoms with van der Waals surface area (Å²) in [6.45, 7) is 1.65. The van der Waals surface area contributed by atoms with E-state index in [9.17, 15) is 23.1 Å². The maximum atomic E-state index is 13.1. The number of fused-ring (bicyclic) bond motifs is 1. The van der Waals surface area contributed by atoms with Gasteiger partial charge in [-0.2, -0.15) is 18.3 Å². The molecule has 1 amide bonds. The lowest BCUT2D eigenvalue weighted by Crippen LogP contribution is -2.43. The van der Waals surface area contributed by atoms with Crippen LogP contribution >= 0.6 is 0 Å². The maximum absolute atomic E-state index is 13.1. The third kappa shape index (κ3) is 3.02. The largest absolute Gasteiger partial charge is 0.435 e. The maximum Gasteiger partial charge on any atom is 0.435 e. The second-order valence-corrected chi connectivity index (χ2v) is 6.30. The summed E-state index contributed by atoms with van der Waals surface area (Å²) in [7, 11) is 0. The number of halogens is 3. The highest BCUT2D eigenvalue weighted by atomic mass is 19.4. The van der Waals surface area contributed by atoms with Crippen LogP contribution in [-0.2, 0) is 35.3 Å². The standard InChI is InChI=1S/C15H20F3N3O3/c1-9-2-3-10(7-22)21(9)13(23)6-20-12-4-5-24-8-11(12)14(19-20)15(16,17)18/h9-10,22H,2-8H2,1H3/t9-,10-/m1/s1. The van der Waals surface area contributed by atoms with E-state index in [2.05, 4.69) is 5.10 Å². The number of likely N-dealkylation sites (tertiary alicyclic amines) is 1. The lowest BCUT2D eigenvalue weighted by molar-refractivity contribution is -0.143. The fourth-order valence-electron chi connectivity index (χ4n) is 3.58. The zero-order valence-electron chi connectivity index (χ0n) is 13.3. The van der Waals surface area contributed by atoms with Gasteiger partial charge >= 0.3 is 6.18 Å². The Kier molecular flexibility index (Phi) is 4.56. The molecule has 2 aliphatic heterocycles. The number of rotatable bonds is 3. The first-order valence-corrected chi connectivity index (χ1v) is 7.98. The quantitative estimate of drug-likeness (QED) is 0.896. The summed E-state index contributed by atoms with van der Waals surface area (Å²) in [5.41, 5.74) is -0.540. The number of aromatic nitrogens is 2. The first kappa shape index (κ1) is 17.2. The minimum absolute atomic E-state index is 0.0229. The molecule has 1 saturated heterocycles. The monoisotopic (exact) mass is 347 g/mol. The van der Waals surface area contributed by atoms with Gasteiger partial charge in [0.05, 0.1) is 25.9 Å². The van der Waals surface area contributed by atoms with Crippen molar-refractivity contribution in [1.29, 1.82) is 0 Å². The first-order chi connectivity index (χ1) is 11.3. The summed E-state index contributed by atoms with van der Waals surface area (Å²) in [5.74, 6) is -0.315. The van der Waals surface area contributed by atoms with Crippen molar-refractivity contribution in [3.8, 4) is 0 Å². The molecule has 6 nitrogen and oxygen atoms in total. The zero-order chi connectivity index (χ0) is 17.5. The lowest BCUT2D eigenvalue weighted by atomic mass is 10.1. The van der Waals surface area contributed by atoms with Crippen LogP contribution < -0.4 is 0 Å². The van der Waals surface area contributed by atoms with Crippen LogP contribution in [0.25, 0.3) is 0 Å². The van der Waals surface area contributed by atoms with Crippen molar-refractivity contribution in [1.82, 2.24) is 14.7 Å². The van der Waals surface area contributed by atoms with Crippen LogP contribution in [0.3, 0.4) is 0 Å². The van der Waals surface area contributed by atoms with Gasteiger partial charge in [-0.15, -0.1) is 0 Å². The van der Waals surface area contributed by atoms with E-state index < -0.39 is 11.9 Å². The van der Waals surface area contributed by atoms with Gasteiger partial charge in [-0.25, -0.2) is 0 Å². The summed E-state index contributed by atoms with van der Waals surface area (Å²) in [4.78, 5) is 14.2. The van der Waals surface area contributed by atoms with Crippen molar-refractivity contribution >= 4 is 5.91 Å². The predicted molar refractivity (Wildman–Crippen MR) is 77.0 cm³/mol. The van der Waals surface area contributed by atoms with Crippen molar-refractivity contribution in [3.05, 3.63) is 17.0 Å². The van der Waals surface area contributed by atoms with Gasteiger partial charge in [0.15, 0.2) is 5.69 Å². The molecule has 24 heavy (non-hydrogen) atoms. The number of aliphatic hydroxyl groups is 1. The van der Waals surface area contributed by atoms with Gasteiger partial charge < -0.3 is 14.7 Å². The van der Waals surface area contributed by atoms with Gasteiger partial charge in [0, 0.05) is 23.7 Å². The van der Waals surface area contributed by atoms with Crippen LogP contribution in [0, 0.1) is 0 Å². The molecule has 0 radical (unpaired) electrons. The minimum Gasteiger partial charge on any atom is -0.394 e. The molecule has 3 rings (SSSR count). The molecule has 1 N–H and O–H groups in total. The number of alkyl halides is 3. The number of carbonyl (C=O) groups excluding carboxylic acids is 1. The van der Waals surface area contributed by atoms with Crippen molar-refractivity contribution < 1.29 is 27.8 Å². The summed E-state index contributed by atoms with van der Waals surface area (Å²) in [5, 5.41) is 13.0. The number of hydrogen-bond acceptors (Lipinski definition) is 4. The molecule has 0 unspecified atom stereocenters. The molecule has 0 saturated carbocycles. The zero-order valence-corrected chi connectivity index (χ0v) is 13.3. The van der Waals surface area contributed by atoms with E-state index in [1.807, 2.05) is 6.92 Å². The van der Waals surface area contributed by atoms with Gasteiger partial charge in [0.1, 0.15) is 6.54 Å². The van der Waals surface area contributed by atoms with E-state index >= 15 is 0 Å². The Morgan fingerprint density at radius 1 is 1.42 bits per heavy atom. The number of nitrogens with zero attached hydrogens (tertiary/aromatic N) is 3. The van der Waals surface area contributed by atoms with E-state index in [4.69, 9.17) is 4.74 Å². The Bertz CT molecular complexity index is 629. The molecule has 2 aliphatic rings. The van der Waals surface area contributed by atoms with Crippen LogP contribution in [0.15, 0.2) is 0 Å². The van der Waals surface area contributed by atoms with Crippen LogP contribution in [0.2, 0.25) is 0 Å². The molecule has 0 spiro atoms. The van der Waals surface area contributed by atoms with Crippen molar-refractivity contribution in [2.24, 2.45) is 0 Å². The second-order valence-electron chi connectivity index (χ2n) is 6.30. The fourth-order valence-corrected chi connectivity index (χ4v) is 3.58. The van der Waals surface area contributed by atoms with Crippen LogP contribution in [-0.4, -0.2) is 51.0 Å². The molecule has 0 bridgehead atoms. The molecule has 0 aromatic carbocycles. The molecular weight excluding hydrogens is 327 g/mol. The highest BCUT2D eigenvalue weighted by Gasteiger charge is 2.41. The molecule has 3 heterocycles. The third-order valence-corrected chi connectivity index (χ3v) is 4.73. The summed E-state index contributed by atoms with van der Waals surface area (Å²) in [6, 6.07) is -0.309. The molecule has 1 aromatic rings. The fraction of sp³-hybridized carbons (Fsp3) is 0.733. The van der Waals surface area contributed by atoms with Crippen LogP contribution in [0.1, 0.15) is 36.7 Å². The van der Waals surface area contributed by atoms with Gasteiger partial charge in [-0.1, -0.05) is 0 Å². The second kappa shape index (κ2) is 6.36. The van der Waals surface area contributed by atoms with Gasteiger partial charge in [0.25, 0.3) is 0 Å². The van der Waals surface area contributed by atoms with E-state index in [0.29, 0.717) is 25.1 Å². The smallest absolute Gasteiger partial charge is 0.394 e. The molecule has 9 heteroatoms. The molecule has 1 fully saturated rings. The minimum atomic E-state index is -4.58. The molecule has 0 aliphatic carbocycles. The molecule has 134 valence electrons. The Hall–Kier alpha value is -1.61. The number of amides is 1. The Morgan fingerprint density at radius 2 is 2.17 bits per heavy atom. The SMILES string of the molecule is C[C@@H]1CC[C@H](CO)N1C(=O)Cn1nc(C(F)(F)F)c2c1CCOC2. The van der Waals surface area contributed by atoms with E-state index in [-0.39, 0.29) is 43.3 Å². The van der Waals surface area contributed by atoms with Crippen molar-refractivity contribution in [2.75, 3.05) is 13.2 Å². The predicted octanol–water partition coefficient (Wildman–Crippen LogP) is 1.35. The van der Waals surface area contributed by atoms with Crippen LogP contribution in [0.4, 0.5) is 13.2 Å². The van der Waals surface area contributed by atoms with Gasteiger partial charge in [0.2, 0.25) is 5.91 Å². The lowest BCUT2D eigenvalue weighted by Gasteiger charge is -2.28. The Balaban J connectivity index is 1.87. The van der Waals surface area contributed by atoms with Gasteiger partial charge in [-0.3, -0.25) is 9.48 Å². The van der Waals surface area contributed by atoms with Crippen molar-refractivity contribution in [3.63, 3.8) is 0 Å².